The number of anilines is 2. The van der Waals surface area contributed by atoms with Crippen LogP contribution in [0.1, 0.15) is 15.9 Å². The Morgan fingerprint density at radius 2 is 1.96 bits per heavy atom. The van der Waals surface area contributed by atoms with Crippen molar-refractivity contribution in [2.45, 2.75) is 6.92 Å². The minimum Gasteiger partial charge on any atom is -0.296 e. The highest BCUT2D eigenvalue weighted by Crippen LogP contribution is 2.24. The minimum absolute atomic E-state index is 0.00133. The van der Waals surface area contributed by atoms with Crippen LogP contribution in [0.3, 0.4) is 0 Å². The van der Waals surface area contributed by atoms with Crippen LogP contribution in [0.2, 0.25) is 0 Å². The molecule has 0 unspecified atom stereocenters. The average Bonchev–Trinajstić information content (AvgIpc) is 2.83. The van der Waals surface area contributed by atoms with E-state index in [0.717, 1.165) is 17.6 Å². The zero-order chi connectivity index (χ0) is 17.2. The van der Waals surface area contributed by atoms with Gasteiger partial charge in [-0.1, -0.05) is 17.4 Å². The Hall–Kier alpha value is -2.60. The van der Waals surface area contributed by atoms with Crippen LogP contribution in [0.5, 0.6) is 0 Å². The van der Waals surface area contributed by atoms with Crippen molar-refractivity contribution in [1.82, 2.24) is 10.2 Å². The molecule has 0 aliphatic heterocycles. The average molecular weight is 357 g/mol. The van der Waals surface area contributed by atoms with Crippen molar-refractivity contribution < 1.29 is 18.1 Å². The summed E-state index contributed by atoms with van der Waals surface area (Å²) < 4.78 is 24.3. The Kier molecular flexibility index (Phi) is 4.56. The maximum atomic E-state index is 12.2. The van der Waals surface area contributed by atoms with Crippen molar-refractivity contribution >= 4 is 43.2 Å². The molecule has 0 radical (unpaired) electrons. The molecule has 0 bridgehead atoms. The molecule has 1 heterocycles. The monoisotopic (exact) mass is 357 g/mol. The van der Waals surface area contributed by atoms with Crippen LogP contribution in [0.25, 0.3) is 0 Å². The molecule has 0 atom stereocenters. The maximum Gasteiger partial charge on any atom is 0.273 e. The number of hydrogen-bond donors (Lipinski definition) is 2. The molecule has 0 saturated heterocycles. The van der Waals surface area contributed by atoms with Crippen LogP contribution >= 0.6 is 11.3 Å². The fraction of sp³-hybridized carbons (Fsp3) is 0.182. The van der Waals surface area contributed by atoms with E-state index in [1.807, 2.05) is 0 Å². The summed E-state index contributed by atoms with van der Waals surface area (Å²) in [6, 6.07) is 4.14. The van der Waals surface area contributed by atoms with Gasteiger partial charge >= 0.3 is 0 Å². The van der Waals surface area contributed by atoms with E-state index in [1.54, 1.807) is 0 Å². The summed E-state index contributed by atoms with van der Waals surface area (Å²) >= 11 is 0.821. The fourth-order valence-electron chi connectivity index (χ4n) is 1.71. The van der Waals surface area contributed by atoms with E-state index < -0.39 is 20.9 Å². The number of benzene rings is 1. The standard InChI is InChI=1S/C11H11N5O5S2/c1-6-7(4-3-5-8(6)16(18)19)9(17)12-10-13-14-11(22-10)15-23(2,20)21/h3-5H,1-2H3,(H,14,15)(H,12,13,17). The molecule has 122 valence electrons. The third kappa shape index (κ3) is 4.20. The minimum atomic E-state index is -3.50. The molecule has 2 N–H and O–H groups in total. The van der Waals surface area contributed by atoms with E-state index in [0.29, 0.717) is 0 Å². The van der Waals surface area contributed by atoms with Crippen LogP contribution in [0, 0.1) is 17.0 Å². The van der Waals surface area contributed by atoms with Crippen molar-refractivity contribution in [2.24, 2.45) is 0 Å². The number of sulfonamides is 1. The molecule has 23 heavy (non-hydrogen) atoms. The van der Waals surface area contributed by atoms with E-state index in [2.05, 4.69) is 20.2 Å². The van der Waals surface area contributed by atoms with Gasteiger partial charge in [-0.3, -0.25) is 24.9 Å². The van der Waals surface area contributed by atoms with Crippen molar-refractivity contribution in [1.29, 1.82) is 0 Å². The molecule has 1 aromatic carbocycles. The van der Waals surface area contributed by atoms with Gasteiger partial charge in [-0.25, -0.2) is 8.42 Å². The number of nitrogens with one attached hydrogen (secondary N) is 2. The lowest BCUT2D eigenvalue weighted by Crippen LogP contribution is -2.14. The number of amides is 1. The normalized spacial score (nSPS) is 11.0. The third-order valence-electron chi connectivity index (χ3n) is 2.66. The molecule has 0 saturated carbocycles. The van der Waals surface area contributed by atoms with E-state index in [1.165, 1.54) is 25.1 Å². The van der Waals surface area contributed by atoms with E-state index >= 15 is 0 Å². The highest BCUT2D eigenvalue weighted by molar-refractivity contribution is 7.92. The van der Waals surface area contributed by atoms with E-state index in [4.69, 9.17) is 0 Å². The molecule has 10 nitrogen and oxygen atoms in total. The van der Waals surface area contributed by atoms with Gasteiger partial charge in [0.05, 0.1) is 11.2 Å². The molecule has 2 aromatic rings. The summed E-state index contributed by atoms with van der Waals surface area (Å²) in [7, 11) is -3.50. The van der Waals surface area contributed by atoms with Crippen molar-refractivity contribution in [3.05, 3.63) is 39.4 Å². The first-order valence-corrected chi connectivity index (χ1v) is 8.75. The first-order valence-electron chi connectivity index (χ1n) is 6.04. The maximum absolute atomic E-state index is 12.2. The van der Waals surface area contributed by atoms with Gasteiger partial charge < -0.3 is 0 Å². The number of aromatic nitrogens is 2. The summed E-state index contributed by atoms with van der Waals surface area (Å²) in [4.78, 5) is 22.5. The van der Waals surface area contributed by atoms with Gasteiger partial charge in [0.1, 0.15) is 0 Å². The summed E-state index contributed by atoms with van der Waals surface area (Å²) in [6.07, 6.45) is 0.957. The predicted molar refractivity (Wildman–Crippen MR) is 84.2 cm³/mol. The van der Waals surface area contributed by atoms with Crippen LogP contribution < -0.4 is 10.0 Å². The van der Waals surface area contributed by atoms with Crippen LogP contribution in [-0.4, -0.2) is 35.7 Å². The topological polar surface area (TPSA) is 144 Å². The molecule has 0 fully saturated rings. The highest BCUT2D eigenvalue weighted by Gasteiger charge is 2.19. The second kappa shape index (κ2) is 6.26. The van der Waals surface area contributed by atoms with E-state index in [-0.39, 0.29) is 27.1 Å². The third-order valence-corrected chi connectivity index (χ3v) is 4.11. The van der Waals surface area contributed by atoms with Crippen molar-refractivity contribution in [3.8, 4) is 0 Å². The number of nitrogens with zero attached hydrogens (tertiary/aromatic N) is 3. The van der Waals surface area contributed by atoms with Gasteiger partial charge in [0.2, 0.25) is 20.3 Å². The number of hydrogen-bond acceptors (Lipinski definition) is 8. The van der Waals surface area contributed by atoms with Crippen molar-refractivity contribution in [2.75, 3.05) is 16.3 Å². The van der Waals surface area contributed by atoms with Gasteiger partial charge in [-0.2, -0.15) is 0 Å². The Morgan fingerprint density at radius 1 is 1.30 bits per heavy atom. The molecule has 1 amide bonds. The number of nitro groups is 1. The second-order valence-electron chi connectivity index (χ2n) is 4.45. The predicted octanol–water partition coefficient (Wildman–Crippen LogP) is 1.38. The molecule has 0 aliphatic carbocycles. The van der Waals surface area contributed by atoms with Gasteiger partial charge in [-0.15, -0.1) is 10.2 Å². The van der Waals surface area contributed by atoms with Gasteiger partial charge in [-0.05, 0) is 13.0 Å². The van der Waals surface area contributed by atoms with Crippen molar-refractivity contribution in [3.63, 3.8) is 0 Å². The Morgan fingerprint density at radius 3 is 2.57 bits per heavy atom. The lowest BCUT2D eigenvalue weighted by atomic mass is 10.1. The Labute approximate surface area is 134 Å². The highest BCUT2D eigenvalue weighted by atomic mass is 32.2. The summed E-state index contributed by atoms with van der Waals surface area (Å²) in [5.74, 6) is -0.603. The number of nitro benzene ring substituents is 1. The summed E-state index contributed by atoms with van der Waals surface area (Å²) in [6.45, 7) is 1.46. The van der Waals surface area contributed by atoms with Gasteiger partial charge in [0.25, 0.3) is 11.6 Å². The smallest absolute Gasteiger partial charge is 0.273 e. The van der Waals surface area contributed by atoms with Crippen LogP contribution in [0.15, 0.2) is 18.2 Å². The van der Waals surface area contributed by atoms with Crippen LogP contribution in [0.4, 0.5) is 16.0 Å². The zero-order valence-electron chi connectivity index (χ0n) is 11.9. The molecule has 0 spiro atoms. The zero-order valence-corrected chi connectivity index (χ0v) is 13.6. The van der Waals surface area contributed by atoms with Gasteiger partial charge in [0, 0.05) is 17.2 Å². The Bertz CT molecular complexity index is 877. The van der Waals surface area contributed by atoms with E-state index in [9.17, 15) is 23.3 Å². The molecule has 1 aromatic heterocycles. The lowest BCUT2D eigenvalue weighted by Gasteiger charge is -2.05. The number of carbonyl (C=O) groups is 1. The first-order chi connectivity index (χ1) is 10.7. The number of carbonyl (C=O) groups excluding carboxylic acids is 1. The summed E-state index contributed by atoms with van der Waals surface area (Å²) in [5.41, 5.74) is 0.162. The number of rotatable bonds is 5. The lowest BCUT2D eigenvalue weighted by molar-refractivity contribution is -0.385. The molecular weight excluding hydrogens is 346 g/mol. The molecular formula is C11H11N5O5S2. The Balaban J connectivity index is 2.20. The van der Waals surface area contributed by atoms with Gasteiger partial charge in [0.15, 0.2) is 0 Å². The first kappa shape index (κ1) is 16.8. The molecule has 0 aliphatic rings. The fourth-order valence-corrected chi connectivity index (χ4v) is 3.17. The largest absolute Gasteiger partial charge is 0.296 e. The second-order valence-corrected chi connectivity index (χ2v) is 7.17. The quantitative estimate of drug-likeness (QED) is 0.607. The SMILES string of the molecule is Cc1c(C(=O)Nc2nnc(NS(C)(=O)=O)s2)cccc1[N+](=O)[O-]. The van der Waals surface area contributed by atoms with Crippen LogP contribution in [-0.2, 0) is 10.0 Å². The molecule has 2 rings (SSSR count). The summed E-state index contributed by atoms with van der Waals surface area (Å²) in [5, 5.41) is 20.6. The molecule has 12 heteroatoms.